The highest BCUT2D eigenvalue weighted by molar-refractivity contribution is 6.07. The summed E-state index contributed by atoms with van der Waals surface area (Å²) in [5.74, 6) is 0.255. The summed E-state index contributed by atoms with van der Waals surface area (Å²) in [5, 5.41) is 17.7. The van der Waals surface area contributed by atoms with Gasteiger partial charge in [0.05, 0.1) is 19.0 Å². The summed E-state index contributed by atoms with van der Waals surface area (Å²) in [7, 11) is 1.47. The third-order valence-electron chi connectivity index (χ3n) is 3.96. The Balaban J connectivity index is 1.82. The number of aromatic hydroxyl groups is 1. The molecule has 3 aromatic rings. The average molecular weight is 361 g/mol. The van der Waals surface area contributed by atoms with Crippen molar-refractivity contribution in [1.82, 2.24) is 15.0 Å². The second-order valence-electron chi connectivity index (χ2n) is 6.01. The van der Waals surface area contributed by atoms with E-state index in [-0.39, 0.29) is 11.5 Å². The van der Waals surface area contributed by atoms with Crippen molar-refractivity contribution in [2.75, 3.05) is 7.11 Å². The predicted octanol–water partition coefficient (Wildman–Crippen LogP) is 3.91. The molecule has 0 spiro atoms. The first-order valence-corrected chi connectivity index (χ1v) is 8.26. The molecule has 0 saturated carbocycles. The Morgan fingerprint density at radius 1 is 1.26 bits per heavy atom. The molecule has 0 bridgehead atoms. The first-order chi connectivity index (χ1) is 13.0. The second kappa shape index (κ2) is 7.70. The Kier molecular flexibility index (Phi) is 5.17. The number of phenolic OH excluding ortho intramolecular Hbond substituents is 1. The lowest BCUT2D eigenvalue weighted by Crippen LogP contribution is -1.99. The van der Waals surface area contributed by atoms with Gasteiger partial charge in [-0.3, -0.25) is 4.79 Å². The Labute approximate surface area is 157 Å². The number of rotatable bonds is 6. The van der Waals surface area contributed by atoms with Crippen molar-refractivity contribution in [3.63, 3.8) is 0 Å². The third-order valence-corrected chi connectivity index (χ3v) is 3.96. The maximum atomic E-state index is 12.5. The van der Waals surface area contributed by atoms with E-state index in [1.807, 2.05) is 13.0 Å². The fourth-order valence-corrected chi connectivity index (χ4v) is 2.45. The molecule has 1 heterocycles. The molecule has 0 atom stereocenters. The molecule has 0 aliphatic carbocycles. The molecular weight excluding hydrogens is 342 g/mol. The highest BCUT2D eigenvalue weighted by atomic mass is 16.5. The minimum Gasteiger partial charge on any atom is -0.504 e. The predicted molar refractivity (Wildman–Crippen MR) is 104 cm³/mol. The van der Waals surface area contributed by atoms with Gasteiger partial charge < -0.3 is 9.84 Å². The SMILES string of the molecule is C=C(C)c1cn(-c2cccc(C(=O)/C=C/c3ccc(O)c(OC)c3)c2)nn1. The third kappa shape index (κ3) is 4.12. The number of methoxy groups -OCH3 is 1. The largest absolute Gasteiger partial charge is 0.504 e. The number of hydrogen-bond acceptors (Lipinski definition) is 5. The van der Waals surface area contributed by atoms with Crippen LogP contribution >= 0.6 is 0 Å². The van der Waals surface area contributed by atoms with Crippen LogP contribution in [0, 0.1) is 0 Å². The molecule has 0 fully saturated rings. The smallest absolute Gasteiger partial charge is 0.185 e. The number of ketones is 1. The monoisotopic (exact) mass is 361 g/mol. The van der Waals surface area contributed by atoms with E-state index in [1.54, 1.807) is 47.3 Å². The number of benzene rings is 2. The Morgan fingerprint density at radius 2 is 2.07 bits per heavy atom. The van der Waals surface area contributed by atoms with Crippen LogP contribution in [0.3, 0.4) is 0 Å². The summed E-state index contributed by atoms with van der Waals surface area (Å²) in [6, 6.07) is 12.0. The van der Waals surface area contributed by atoms with E-state index in [4.69, 9.17) is 4.74 Å². The quantitative estimate of drug-likeness (QED) is 0.532. The molecule has 2 aromatic carbocycles. The molecule has 136 valence electrons. The second-order valence-corrected chi connectivity index (χ2v) is 6.01. The van der Waals surface area contributed by atoms with Crippen molar-refractivity contribution in [3.8, 4) is 17.2 Å². The van der Waals surface area contributed by atoms with Gasteiger partial charge >= 0.3 is 0 Å². The first-order valence-electron chi connectivity index (χ1n) is 8.26. The van der Waals surface area contributed by atoms with Crippen molar-refractivity contribution in [2.45, 2.75) is 6.92 Å². The van der Waals surface area contributed by atoms with Crippen LogP contribution in [0.2, 0.25) is 0 Å². The first kappa shape index (κ1) is 18.1. The lowest BCUT2D eigenvalue weighted by molar-refractivity contribution is 0.104. The van der Waals surface area contributed by atoms with Crippen LogP contribution in [-0.2, 0) is 0 Å². The number of ether oxygens (including phenoxy) is 1. The average Bonchev–Trinajstić information content (AvgIpc) is 3.18. The molecule has 0 amide bonds. The van der Waals surface area contributed by atoms with Gasteiger partial charge in [0.15, 0.2) is 17.3 Å². The van der Waals surface area contributed by atoms with E-state index in [2.05, 4.69) is 16.9 Å². The number of phenols is 1. The standard InChI is InChI=1S/C21H19N3O3/c1-14(2)18-13-24(23-22-18)17-6-4-5-16(12-17)19(25)9-7-15-8-10-20(26)21(11-15)27-3/h4-13,26H,1H2,2-3H3/b9-7+. The summed E-state index contributed by atoms with van der Waals surface area (Å²) >= 11 is 0. The van der Waals surface area contributed by atoms with E-state index >= 15 is 0 Å². The van der Waals surface area contributed by atoms with Crippen molar-refractivity contribution in [1.29, 1.82) is 0 Å². The number of hydrogen-bond donors (Lipinski definition) is 1. The van der Waals surface area contributed by atoms with E-state index in [1.165, 1.54) is 19.3 Å². The minimum atomic E-state index is -0.149. The Bertz CT molecular complexity index is 1030. The molecule has 1 N–H and O–H groups in total. The zero-order valence-electron chi connectivity index (χ0n) is 15.1. The topological polar surface area (TPSA) is 77.2 Å². The molecule has 0 unspecified atom stereocenters. The number of allylic oxidation sites excluding steroid dienone is 2. The van der Waals surface area contributed by atoms with Gasteiger partial charge in [-0.2, -0.15) is 0 Å². The number of nitrogens with zero attached hydrogens (tertiary/aromatic N) is 3. The van der Waals surface area contributed by atoms with Gasteiger partial charge in [0.1, 0.15) is 5.69 Å². The lowest BCUT2D eigenvalue weighted by atomic mass is 10.1. The molecule has 0 radical (unpaired) electrons. The van der Waals surface area contributed by atoms with Gasteiger partial charge in [0.2, 0.25) is 0 Å². The summed E-state index contributed by atoms with van der Waals surface area (Å²) in [5.41, 5.74) is 3.53. The molecule has 6 heteroatoms. The normalized spacial score (nSPS) is 10.9. The maximum absolute atomic E-state index is 12.5. The van der Waals surface area contributed by atoms with Crippen molar-refractivity contribution >= 4 is 17.4 Å². The molecule has 0 aliphatic heterocycles. The van der Waals surface area contributed by atoms with Crippen molar-refractivity contribution in [2.24, 2.45) is 0 Å². The zero-order valence-corrected chi connectivity index (χ0v) is 15.1. The fourth-order valence-electron chi connectivity index (χ4n) is 2.45. The Hall–Kier alpha value is -3.67. The zero-order chi connectivity index (χ0) is 19.4. The van der Waals surface area contributed by atoms with Crippen LogP contribution in [0.1, 0.15) is 28.5 Å². The van der Waals surface area contributed by atoms with Crippen molar-refractivity contribution in [3.05, 3.63) is 78.1 Å². The highest BCUT2D eigenvalue weighted by Gasteiger charge is 2.07. The summed E-state index contributed by atoms with van der Waals surface area (Å²) in [6.07, 6.45) is 4.92. The molecule has 0 aliphatic rings. The van der Waals surface area contributed by atoms with Crippen LogP contribution in [0.4, 0.5) is 0 Å². The molecule has 1 aromatic heterocycles. The molecule has 6 nitrogen and oxygen atoms in total. The van der Waals surface area contributed by atoms with Crippen LogP contribution < -0.4 is 4.74 Å². The van der Waals surface area contributed by atoms with Crippen LogP contribution in [0.5, 0.6) is 11.5 Å². The van der Waals surface area contributed by atoms with Gasteiger partial charge in [0.25, 0.3) is 0 Å². The van der Waals surface area contributed by atoms with Crippen molar-refractivity contribution < 1.29 is 14.6 Å². The van der Waals surface area contributed by atoms with Crippen LogP contribution in [-0.4, -0.2) is 33.0 Å². The summed E-state index contributed by atoms with van der Waals surface area (Å²) < 4.78 is 6.68. The van der Waals surface area contributed by atoms with E-state index in [0.717, 1.165) is 16.8 Å². The molecule has 0 saturated heterocycles. The van der Waals surface area contributed by atoms with Gasteiger partial charge in [-0.05, 0) is 48.4 Å². The van der Waals surface area contributed by atoms with E-state index in [0.29, 0.717) is 17.0 Å². The lowest BCUT2D eigenvalue weighted by Gasteiger charge is -2.04. The number of carbonyl (C=O) groups excluding carboxylic acids is 1. The van der Waals surface area contributed by atoms with Crippen LogP contribution in [0.15, 0.2) is 61.3 Å². The van der Waals surface area contributed by atoms with Gasteiger partial charge in [-0.15, -0.1) is 5.10 Å². The molecule has 27 heavy (non-hydrogen) atoms. The van der Waals surface area contributed by atoms with Crippen LogP contribution in [0.25, 0.3) is 17.3 Å². The van der Waals surface area contributed by atoms with Gasteiger partial charge in [0, 0.05) is 5.56 Å². The molecular formula is C21H19N3O3. The number of carbonyl (C=O) groups is 1. The summed E-state index contributed by atoms with van der Waals surface area (Å²) in [4.78, 5) is 12.5. The Morgan fingerprint density at radius 3 is 2.78 bits per heavy atom. The summed E-state index contributed by atoms with van der Waals surface area (Å²) in [6.45, 7) is 5.70. The van der Waals surface area contributed by atoms with Gasteiger partial charge in [-0.1, -0.05) is 36.1 Å². The van der Waals surface area contributed by atoms with E-state index < -0.39 is 0 Å². The molecule has 3 rings (SSSR count). The maximum Gasteiger partial charge on any atom is 0.185 e. The number of aromatic nitrogens is 3. The highest BCUT2D eigenvalue weighted by Crippen LogP contribution is 2.26. The fraction of sp³-hybridized carbons (Fsp3) is 0.0952. The minimum absolute atomic E-state index is 0.0515. The van der Waals surface area contributed by atoms with E-state index in [9.17, 15) is 9.90 Å². The van der Waals surface area contributed by atoms with Gasteiger partial charge in [-0.25, -0.2) is 4.68 Å².